The first kappa shape index (κ1) is 5.20. The molecule has 2 nitrogen and oxygen atoms in total. The van der Waals surface area contributed by atoms with Crippen molar-refractivity contribution in [1.82, 2.24) is 10.4 Å². The van der Waals surface area contributed by atoms with Gasteiger partial charge in [-0.05, 0) is 0 Å². The van der Waals surface area contributed by atoms with Crippen molar-refractivity contribution in [2.75, 3.05) is 13.1 Å². The van der Waals surface area contributed by atoms with Crippen molar-refractivity contribution >= 4 is 0 Å². The molecule has 0 aromatic carbocycles. The van der Waals surface area contributed by atoms with E-state index >= 15 is 0 Å². The molecule has 1 rings (SSSR count). The highest BCUT2D eigenvalue weighted by molar-refractivity contribution is 4.96. The van der Waals surface area contributed by atoms with Gasteiger partial charge in [0.15, 0.2) is 0 Å². The molecule has 0 unspecified atom stereocenters. The van der Waals surface area contributed by atoms with Gasteiger partial charge in [0.1, 0.15) is 0 Å². The number of terminal acetylenes is 1. The predicted molar refractivity (Wildman–Crippen MR) is 32.7 cm³/mol. The molecular weight excluding hydrogens is 100 g/mol. The van der Waals surface area contributed by atoms with Gasteiger partial charge in [-0.25, -0.2) is 5.43 Å². The van der Waals surface area contributed by atoms with Crippen LogP contribution < -0.4 is 5.43 Å². The molecule has 0 fully saturated rings. The van der Waals surface area contributed by atoms with E-state index in [-0.39, 0.29) is 0 Å². The molecule has 42 valence electrons. The van der Waals surface area contributed by atoms with Crippen molar-refractivity contribution in [2.45, 2.75) is 0 Å². The number of rotatable bonds is 1. The maximum atomic E-state index is 5.04. The molecule has 1 aliphatic heterocycles. The molecule has 1 heterocycles. The van der Waals surface area contributed by atoms with E-state index in [1.165, 1.54) is 0 Å². The third-order valence-corrected chi connectivity index (χ3v) is 0.959. The average molecular weight is 108 g/mol. The van der Waals surface area contributed by atoms with Crippen LogP contribution >= 0.6 is 0 Å². The van der Waals surface area contributed by atoms with E-state index < -0.39 is 0 Å². The van der Waals surface area contributed by atoms with Gasteiger partial charge >= 0.3 is 0 Å². The van der Waals surface area contributed by atoms with E-state index in [0.717, 1.165) is 6.54 Å². The van der Waals surface area contributed by atoms with E-state index in [2.05, 4.69) is 11.3 Å². The van der Waals surface area contributed by atoms with E-state index in [4.69, 9.17) is 6.42 Å². The molecule has 0 saturated carbocycles. The van der Waals surface area contributed by atoms with E-state index in [1.807, 2.05) is 17.3 Å². The summed E-state index contributed by atoms with van der Waals surface area (Å²) < 4.78 is 0. The maximum Gasteiger partial charge on any atom is 0.0943 e. The summed E-state index contributed by atoms with van der Waals surface area (Å²) >= 11 is 0. The third-order valence-electron chi connectivity index (χ3n) is 0.959. The monoisotopic (exact) mass is 108 g/mol. The molecule has 2 heteroatoms. The van der Waals surface area contributed by atoms with Crippen LogP contribution in [0, 0.1) is 12.3 Å². The van der Waals surface area contributed by atoms with Crippen LogP contribution in [-0.2, 0) is 0 Å². The topological polar surface area (TPSA) is 15.3 Å². The first-order chi connectivity index (χ1) is 3.93. The van der Waals surface area contributed by atoms with Gasteiger partial charge in [0.05, 0.1) is 6.54 Å². The summed E-state index contributed by atoms with van der Waals surface area (Å²) in [6, 6.07) is 0. The molecule has 0 saturated heterocycles. The Hall–Kier alpha value is -0.940. The Balaban J connectivity index is 2.28. The van der Waals surface area contributed by atoms with Gasteiger partial charge in [0, 0.05) is 12.7 Å². The third kappa shape index (κ3) is 1.02. The zero-order chi connectivity index (χ0) is 5.82. The van der Waals surface area contributed by atoms with Crippen LogP contribution in [0.5, 0.6) is 0 Å². The lowest BCUT2D eigenvalue weighted by atomic mass is 10.6. The fourth-order valence-corrected chi connectivity index (χ4v) is 0.610. The SMILES string of the molecule is C#CCN1C=CCN1. The van der Waals surface area contributed by atoms with Gasteiger partial charge < -0.3 is 5.01 Å². The van der Waals surface area contributed by atoms with Gasteiger partial charge in [-0.1, -0.05) is 12.0 Å². The minimum Gasteiger partial charge on any atom is -0.304 e. The van der Waals surface area contributed by atoms with Crippen LogP contribution in [-0.4, -0.2) is 18.1 Å². The van der Waals surface area contributed by atoms with Crippen LogP contribution in [0.2, 0.25) is 0 Å². The predicted octanol–water partition coefficient (Wildman–Crippen LogP) is -0.0465. The van der Waals surface area contributed by atoms with Crippen LogP contribution in [0.3, 0.4) is 0 Å². The van der Waals surface area contributed by atoms with Crippen molar-refractivity contribution in [3.63, 3.8) is 0 Å². The van der Waals surface area contributed by atoms with Gasteiger partial charge in [-0.15, -0.1) is 6.42 Å². The summed E-state index contributed by atoms with van der Waals surface area (Å²) in [4.78, 5) is 0. The molecule has 0 aromatic rings. The van der Waals surface area contributed by atoms with E-state index in [0.29, 0.717) is 6.54 Å². The Morgan fingerprint density at radius 2 is 2.75 bits per heavy atom. The van der Waals surface area contributed by atoms with Crippen molar-refractivity contribution in [3.05, 3.63) is 12.3 Å². The summed E-state index contributed by atoms with van der Waals surface area (Å²) in [5, 5.41) is 1.88. The largest absolute Gasteiger partial charge is 0.304 e. The molecule has 0 bridgehead atoms. The van der Waals surface area contributed by atoms with Crippen molar-refractivity contribution < 1.29 is 0 Å². The standard InChI is InChI=1S/C6H8N2/c1-2-5-8-6-3-4-7-8/h1,3,6-7H,4-5H2. The summed E-state index contributed by atoms with van der Waals surface area (Å²) in [6.07, 6.45) is 9.01. The Morgan fingerprint density at radius 1 is 1.88 bits per heavy atom. The molecule has 1 aliphatic rings. The zero-order valence-corrected chi connectivity index (χ0v) is 4.59. The molecule has 0 atom stereocenters. The summed E-state index contributed by atoms with van der Waals surface area (Å²) in [7, 11) is 0. The Labute approximate surface area is 49.1 Å². The van der Waals surface area contributed by atoms with E-state index in [1.54, 1.807) is 0 Å². The fraction of sp³-hybridized carbons (Fsp3) is 0.333. The lowest BCUT2D eigenvalue weighted by molar-refractivity contribution is 0.344. The first-order valence-corrected chi connectivity index (χ1v) is 2.54. The highest BCUT2D eigenvalue weighted by Gasteiger charge is 1.97. The molecule has 1 N–H and O–H groups in total. The van der Waals surface area contributed by atoms with Crippen LogP contribution in [0.1, 0.15) is 0 Å². The highest BCUT2D eigenvalue weighted by atomic mass is 15.5. The zero-order valence-electron chi connectivity index (χ0n) is 4.59. The number of nitrogens with zero attached hydrogens (tertiary/aromatic N) is 1. The lowest BCUT2D eigenvalue weighted by Gasteiger charge is -2.10. The molecular formula is C6H8N2. The van der Waals surface area contributed by atoms with Gasteiger partial charge in [-0.3, -0.25) is 0 Å². The second kappa shape index (κ2) is 2.39. The number of hydrogen-bond donors (Lipinski definition) is 1. The lowest BCUT2D eigenvalue weighted by Crippen LogP contribution is -2.28. The van der Waals surface area contributed by atoms with Crippen molar-refractivity contribution in [2.24, 2.45) is 0 Å². The number of nitrogens with one attached hydrogen (secondary N) is 1. The first-order valence-electron chi connectivity index (χ1n) is 2.54. The Bertz CT molecular complexity index is 132. The van der Waals surface area contributed by atoms with Gasteiger partial charge in [-0.2, -0.15) is 0 Å². The molecule has 0 spiro atoms. The second-order valence-electron chi connectivity index (χ2n) is 1.58. The molecule has 0 amide bonds. The minimum absolute atomic E-state index is 0.649. The Morgan fingerprint density at radius 3 is 3.25 bits per heavy atom. The normalized spacial score (nSPS) is 16.6. The van der Waals surface area contributed by atoms with Crippen molar-refractivity contribution in [1.29, 1.82) is 0 Å². The molecule has 0 aromatic heterocycles. The second-order valence-corrected chi connectivity index (χ2v) is 1.58. The van der Waals surface area contributed by atoms with E-state index in [9.17, 15) is 0 Å². The summed E-state index contributed by atoms with van der Waals surface area (Å²) in [5.41, 5.74) is 3.04. The highest BCUT2D eigenvalue weighted by Crippen LogP contribution is 1.88. The molecule has 8 heavy (non-hydrogen) atoms. The molecule has 0 radical (unpaired) electrons. The van der Waals surface area contributed by atoms with Crippen LogP contribution in [0.15, 0.2) is 12.3 Å². The summed E-state index contributed by atoms with van der Waals surface area (Å²) in [6.45, 7) is 1.55. The van der Waals surface area contributed by atoms with Crippen LogP contribution in [0.25, 0.3) is 0 Å². The maximum absolute atomic E-state index is 5.04. The van der Waals surface area contributed by atoms with Gasteiger partial charge in [0.25, 0.3) is 0 Å². The number of hydrogen-bond acceptors (Lipinski definition) is 2. The van der Waals surface area contributed by atoms with Crippen molar-refractivity contribution in [3.8, 4) is 12.3 Å². The van der Waals surface area contributed by atoms with Crippen LogP contribution in [0.4, 0.5) is 0 Å². The minimum atomic E-state index is 0.649. The number of hydrazine groups is 1. The smallest absolute Gasteiger partial charge is 0.0943 e. The summed E-state index contributed by atoms with van der Waals surface area (Å²) in [5.74, 6) is 2.52. The molecule has 0 aliphatic carbocycles. The van der Waals surface area contributed by atoms with Gasteiger partial charge in [0.2, 0.25) is 0 Å². The fourth-order valence-electron chi connectivity index (χ4n) is 0.610. The average Bonchev–Trinajstić information content (AvgIpc) is 2.19. The Kier molecular flexibility index (Phi) is 1.55. The quantitative estimate of drug-likeness (QED) is 0.474.